The van der Waals surface area contributed by atoms with Gasteiger partial charge >= 0.3 is 0 Å². The number of benzene rings is 1. The molecule has 0 radical (unpaired) electrons. The number of nitrogens with one attached hydrogen (secondary N) is 1. The van der Waals surface area contributed by atoms with Crippen LogP contribution in [-0.2, 0) is 0 Å². The molecule has 88 valence electrons. The minimum absolute atomic E-state index is 0.208. The van der Waals surface area contributed by atoms with E-state index in [0.717, 1.165) is 10.6 Å². The summed E-state index contributed by atoms with van der Waals surface area (Å²) in [5, 5.41) is 5.19. The van der Waals surface area contributed by atoms with Crippen molar-refractivity contribution < 1.29 is 4.79 Å². The Morgan fingerprint density at radius 3 is 2.88 bits per heavy atom. The summed E-state index contributed by atoms with van der Waals surface area (Å²) in [6.07, 6.45) is 0.536. The third kappa shape index (κ3) is 3.43. The van der Waals surface area contributed by atoms with Crippen molar-refractivity contribution >= 4 is 22.8 Å². The van der Waals surface area contributed by atoms with Gasteiger partial charge in [-0.25, -0.2) is 0 Å². The number of hydrogen-bond donors (Lipinski definition) is 1. The first-order chi connectivity index (χ1) is 8.25. The van der Waals surface area contributed by atoms with Crippen LogP contribution in [0.5, 0.6) is 0 Å². The van der Waals surface area contributed by atoms with Crippen LogP contribution in [0.3, 0.4) is 0 Å². The molecular formula is C14H15NOS. The lowest BCUT2D eigenvalue weighted by molar-refractivity contribution is 0.0990. The van der Waals surface area contributed by atoms with Gasteiger partial charge in [-0.3, -0.25) is 4.79 Å². The lowest BCUT2D eigenvalue weighted by Gasteiger charge is -2.05. The number of aryl methyl sites for hydroxylation is 1. The number of Topliss-reactive ketones (excluding diaryl/α,β-unsaturated/α-hetero) is 1. The fourth-order valence-corrected chi connectivity index (χ4v) is 2.33. The van der Waals surface area contributed by atoms with Crippen LogP contribution in [0.15, 0.2) is 41.8 Å². The highest BCUT2D eigenvalue weighted by Gasteiger charge is 2.05. The van der Waals surface area contributed by atoms with E-state index in [-0.39, 0.29) is 5.78 Å². The molecule has 17 heavy (non-hydrogen) atoms. The van der Waals surface area contributed by atoms with E-state index < -0.39 is 0 Å². The topological polar surface area (TPSA) is 29.1 Å². The lowest BCUT2D eigenvalue weighted by atomic mass is 10.2. The Morgan fingerprint density at radius 2 is 2.18 bits per heavy atom. The summed E-state index contributed by atoms with van der Waals surface area (Å²) in [5.74, 6) is 0.208. The monoisotopic (exact) mass is 245 g/mol. The summed E-state index contributed by atoms with van der Waals surface area (Å²) in [6, 6.07) is 11.9. The molecule has 0 aliphatic carbocycles. The maximum absolute atomic E-state index is 11.7. The number of rotatable bonds is 5. The second-order valence-corrected chi connectivity index (χ2v) is 4.89. The fourth-order valence-electron chi connectivity index (χ4n) is 1.64. The molecule has 0 saturated heterocycles. The van der Waals surface area contributed by atoms with Crippen molar-refractivity contribution in [2.45, 2.75) is 13.3 Å². The molecule has 2 rings (SSSR count). The number of carbonyl (C=O) groups is 1. The fraction of sp³-hybridized carbons (Fsp3) is 0.214. The van der Waals surface area contributed by atoms with E-state index in [0.29, 0.717) is 13.0 Å². The van der Waals surface area contributed by atoms with Crippen LogP contribution < -0.4 is 5.32 Å². The minimum Gasteiger partial charge on any atom is -0.385 e. The summed E-state index contributed by atoms with van der Waals surface area (Å²) in [6.45, 7) is 2.74. The predicted octanol–water partition coefficient (Wildman–Crippen LogP) is 3.74. The van der Waals surface area contributed by atoms with Crippen molar-refractivity contribution in [2.75, 3.05) is 11.9 Å². The number of anilines is 1. The van der Waals surface area contributed by atoms with Gasteiger partial charge in [-0.15, -0.1) is 11.3 Å². The van der Waals surface area contributed by atoms with Crippen molar-refractivity contribution in [1.82, 2.24) is 0 Å². The summed E-state index contributed by atoms with van der Waals surface area (Å²) < 4.78 is 0. The first kappa shape index (κ1) is 11.9. The average Bonchev–Trinajstić information content (AvgIpc) is 2.82. The van der Waals surface area contributed by atoms with Crippen LogP contribution in [0.4, 0.5) is 5.69 Å². The van der Waals surface area contributed by atoms with E-state index in [1.54, 1.807) is 0 Å². The second kappa shape index (κ2) is 5.64. The third-order valence-electron chi connectivity index (χ3n) is 2.50. The van der Waals surface area contributed by atoms with Gasteiger partial charge in [-0.05, 0) is 36.1 Å². The Morgan fingerprint density at radius 1 is 1.29 bits per heavy atom. The quantitative estimate of drug-likeness (QED) is 0.813. The van der Waals surface area contributed by atoms with E-state index in [2.05, 4.69) is 24.4 Å². The largest absolute Gasteiger partial charge is 0.385 e. The minimum atomic E-state index is 0.208. The average molecular weight is 245 g/mol. The molecule has 1 aromatic carbocycles. The van der Waals surface area contributed by atoms with Gasteiger partial charge < -0.3 is 5.32 Å². The Labute approximate surface area is 105 Å². The lowest BCUT2D eigenvalue weighted by Crippen LogP contribution is -2.07. The second-order valence-electron chi connectivity index (χ2n) is 3.95. The maximum Gasteiger partial charge on any atom is 0.174 e. The predicted molar refractivity (Wildman–Crippen MR) is 72.9 cm³/mol. The van der Waals surface area contributed by atoms with E-state index in [9.17, 15) is 4.79 Å². The van der Waals surface area contributed by atoms with E-state index in [4.69, 9.17) is 0 Å². The summed E-state index contributed by atoms with van der Waals surface area (Å²) in [5.41, 5.74) is 2.29. The van der Waals surface area contributed by atoms with Crippen LogP contribution >= 0.6 is 11.3 Å². The van der Waals surface area contributed by atoms with Crippen molar-refractivity contribution in [3.63, 3.8) is 0 Å². The molecule has 0 atom stereocenters. The third-order valence-corrected chi connectivity index (χ3v) is 3.41. The molecule has 0 fully saturated rings. The van der Waals surface area contributed by atoms with E-state index in [1.807, 2.05) is 29.6 Å². The highest BCUT2D eigenvalue weighted by atomic mass is 32.1. The maximum atomic E-state index is 11.7. The SMILES string of the molecule is Cc1cccc(NCCC(=O)c2cccs2)c1. The van der Waals surface area contributed by atoms with Gasteiger partial charge in [0.1, 0.15) is 0 Å². The highest BCUT2D eigenvalue weighted by Crippen LogP contribution is 2.12. The Hall–Kier alpha value is -1.61. The van der Waals surface area contributed by atoms with Crippen LogP contribution in [0.1, 0.15) is 21.7 Å². The molecule has 3 heteroatoms. The van der Waals surface area contributed by atoms with Gasteiger partial charge in [0.05, 0.1) is 4.88 Å². The van der Waals surface area contributed by atoms with Gasteiger partial charge in [0.15, 0.2) is 5.78 Å². The summed E-state index contributed by atoms with van der Waals surface area (Å²) in [7, 11) is 0. The van der Waals surface area contributed by atoms with Gasteiger partial charge in [0, 0.05) is 18.7 Å². The summed E-state index contributed by atoms with van der Waals surface area (Å²) in [4.78, 5) is 12.6. The highest BCUT2D eigenvalue weighted by molar-refractivity contribution is 7.12. The van der Waals surface area contributed by atoms with Crippen LogP contribution in [0.2, 0.25) is 0 Å². The number of thiophene rings is 1. The van der Waals surface area contributed by atoms with Gasteiger partial charge in [-0.2, -0.15) is 0 Å². The molecule has 2 nitrogen and oxygen atoms in total. The Bertz CT molecular complexity index is 491. The van der Waals surface area contributed by atoms with Crippen molar-refractivity contribution in [3.05, 3.63) is 52.2 Å². The van der Waals surface area contributed by atoms with Crippen LogP contribution in [0.25, 0.3) is 0 Å². The summed E-state index contributed by atoms with van der Waals surface area (Å²) >= 11 is 1.50. The first-order valence-corrected chi connectivity index (χ1v) is 6.51. The molecule has 1 heterocycles. The molecule has 0 bridgehead atoms. The van der Waals surface area contributed by atoms with Crippen molar-refractivity contribution in [1.29, 1.82) is 0 Å². The molecule has 0 unspecified atom stereocenters. The molecule has 0 spiro atoms. The zero-order chi connectivity index (χ0) is 12.1. The van der Waals surface area contributed by atoms with Crippen LogP contribution in [-0.4, -0.2) is 12.3 Å². The van der Waals surface area contributed by atoms with E-state index >= 15 is 0 Å². The zero-order valence-corrected chi connectivity index (χ0v) is 10.6. The molecule has 0 amide bonds. The molecule has 2 aromatic rings. The molecule has 0 aliphatic rings. The Kier molecular flexibility index (Phi) is 3.94. The van der Waals surface area contributed by atoms with Gasteiger partial charge in [0.2, 0.25) is 0 Å². The molecule has 1 aromatic heterocycles. The van der Waals surface area contributed by atoms with Gasteiger partial charge in [0.25, 0.3) is 0 Å². The molecule has 0 saturated carbocycles. The van der Waals surface area contributed by atoms with Gasteiger partial charge in [-0.1, -0.05) is 18.2 Å². The molecular weight excluding hydrogens is 230 g/mol. The zero-order valence-electron chi connectivity index (χ0n) is 9.77. The van der Waals surface area contributed by atoms with Crippen LogP contribution in [0, 0.1) is 6.92 Å². The standard InChI is InChI=1S/C14H15NOS/c1-11-4-2-5-12(10-11)15-8-7-13(16)14-6-3-9-17-14/h2-6,9-10,15H,7-8H2,1H3. The van der Waals surface area contributed by atoms with Crippen molar-refractivity contribution in [3.8, 4) is 0 Å². The Balaban J connectivity index is 1.82. The molecule has 1 N–H and O–H groups in total. The normalized spacial score (nSPS) is 10.2. The number of carbonyl (C=O) groups excluding carboxylic acids is 1. The van der Waals surface area contributed by atoms with E-state index in [1.165, 1.54) is 16.9 Å². The first-order valence-electron chi connectivity index (χ1n) is 5.63. The smallest absolute Gasteiger partial charge is 0.174 e. The number of ketones is 1. The van der Waals surface area contributed by atoms with Crippen molar-refractivity contribution in [2.24, 2.45) is 0 Å². The molecule has 0 aliphatic heterocycles. The number of hydrogen-bond acceptors (Lipinski definition) is 3.